The monoisotopic (exact) mass is 310 g/mol. The average Bonchev–Trinajstić information content (AvgIpc) is 2.61. The minimum atomic E-state index is 0.0376. The minimum Gasteiger partial charge on any atom is -0.356 e. The van der Waals surface area contributed by atoms with Crippen molar-refractivity contribution in [1.82, 2.24) is 10.2 Å². The second kappa shape index (κ2) is 6.82. The number of carbonyl (C=O) groups is 2. The van der Waals surface area contributed by atoms with Crippen LogP contribution in [-0.2, 0) is 4.79 Å². The number of hydrogen-bond acceptors (Lipinski definition) is 2. The number of rotatable bonds is 3. The molecule has 2 aromatic rings. The van der Waals surface area contributed by atoms with E-state index >= 15 is 0 Å². The van der Waals surface area contributed by atoms with Crippen molar-refractivity contribution in [2.24, 2.45) is 5.92 Å². The van der Waals surface area contributed by atoms with Crippen molar-refractivity contribution in [3.05, 3.63) is 48.0 Å². The van der Waals surface area contributed by atoms with Crippen molar-refractivity contribution in [3.63, 3.8) is 0 Å². The first-order valence-electron chi connectivity index (χ1n) is 8.25. The lowest BCUT2D eigenvalue weighted by Gasteiger charge is -2.31. The molecule has 0 unspecified atom stereocenters. The number of hydrogen-bond donors (Lipinski definition) is 1. The summed E-state index contributed by atoms with van der Waals surface area (Å²) in [7, 11) is 0. The van der Waals surface area contributed by atoms with Gasteiger partial charge in [0.1, 0.15) is 0 Å². The third-order valence-electron chi connectivity index (χ3n) is 4.50. The van der Waals surface area contributed by atoms with E-state index < -0.39 is 0 Å². The van der Waals surface area contributed by atoms with Crippen LogP contribution >= 0.6 is 0 Å². The Hall–Kier alpha value is -2.36. The van der Waals surface area contributed by atoms with Crippen LogP contribution in [0.25, 0.3) is 10.8 Å². The maximum Gasteiger partial charge on any atom is 0.253 e. The molecule has 0 spiro atoms. The molecule has 1 aliphatic heterocycles. The lowest BCUT2D eigenvalue weighted by molar-refractivity contribution is -0.126. The van der Waals surface area contributed by atoms with Gasteiger partial charge in [-0.05, 0) is 42.7 Å². The maximum absolute atomic E-state index is 12.7. The van der Waals surface area contributed by atoms with Crippen LogP contribution in [0.2, 0.25) is 0 Å². The summed E-state index contributed by atoms with van der Waals surface area (Å²) in [5, 5.41) is 5.09. The Kier molecular flexibility index (Phi) is 4.60. The fourth-order valence-electron chi connectivity index (χ4n) is 3.17. The molecule has 1 heterocycles. The first-order chi connectivity index (χ1) is 11.2. The van der Waals surface area contributed by atoms with E-state index in [1.54, 1.807) is 0 Å². The van der Waals surface area contributed by atoms with E-state index in [2.05, 4.69) is 5.32 Å². The molecule has 0 saturated carbocycles. The largest absolute Gasteiger partial charge is 0.356 e. The predicted molar refractivity (Wildman–Crippen MR) is 91.3 cm³/mol. The summed E-state index contributed by atoms with van der Waals surface area (Å²) in [6.07, 6.45) is 1.48. The number of likely N-dealkylation sites (tertiary alicyclic amines) is 1. The smallest absolute Gasteiger partial charge is 0.253 e. The Morgan fingerprint density at radius 3 is 2.48 bits per heavy atom. The fraction of sp³-hybridized carbons (Fsp3) is 0.368. The van der Waals surface area contributed by atoms with E-state index in [1.807, 2.05) is 54.3 Å². The Bertz CT molecular complexity index is 718. The van der Waals surface area contributed by atoms with Crippen molar-refractivity contribution < 1.29 is 9.59 Å². The molecule has 0 atom stereocenters. The summed E-state index contributed by atoms with van der Waals surface area (Å²) >= 11 is 0. The van der Waals surface area contributed by atoms with Crippen molar-refractivity contribution in [1.29, 1.82) is 0 Å². The van der Waals surface area contributed by atoms with Gasteiger partial charge < -0.3 is 10.2 Å². The van der Waals surface area contributed by atoms with Gasteiger partial charge in [-0.1, -0.05) is 30.3 Å². The van der Waals surface area contributed by atoms with Crippen LogP contribution in [0.15, 0.2) is 42.5 Å². The zero-order valence-corrected chi connectivity index (χ0v) is 13.4. The van der Waals surface area contributed by atoms with Gasteiger partial charge in [-0.25, -0.2) is 0 Å². The van der Waals surface area contributed by atoms with Gasteiger partial charge in [0.15, 0.2) is 0 Å². The van der Waals surface area contributed by atoms with Crippen LogP contribution in [0.1, 0.15) is 30.1 Å². The van der Waals surface area contributed by atoms with E-state index in [9.17, 15) is 9.59 Å². The van der Waals surface area contributed by atoms with Gasteiger partial charge in [0.25, 0.3) is 5.91 Å². The summed E-state index contributed by atoms with van der Waals surface area (Å²) in [5.74, 6) is 0.214. The SMILES string of the molecule is CCNC(=O)C1CCN(C(=O)c2ccc3ccccc3c2)CC1. The highest BCUT2D eigenvalue weighted by Crippen LogP contribution is 2.21. The molecule has 120 valence electrons. The van der Waals surface area contributed by atoms with Crippen molar-refractivity contribution in [2.75, 3.05) is 19.6 Å². The van der Waals surface area contributed by atoms with Crippen LogP contribution in [0.4, 0.5) is 0 Å². The molecule has 4 nitrogen and oxygen atoms in total. The van der Waals surface area contributed by atoms with E-state index in [4.69, 9.17) is 0 Å². The first kappa shape index (κ1) is 15.5. The van der Waals surface area contributed by atoms with E-state index in [0.29, 0.717) is 19.6 Å². The van der Waals surface area contributed by atoms with E-state index in [0.717, 1.165) is 29.2 Å². The molecule has 0 aliphatic carbocycles. The first-order valence-corrected chi connectivity index (χ1v) is 8.25. The lowest BCUT2D eigenvalue weighted by atomic mass is 9.95. The number of fused-ring (bicyclic) bond motifs is 1. The van der Waals surface area contributed by atoms with Crippen molar-refractivity contribution in [3.8, 4) is 0 Å². The molecule has 1 fully saturated rings. The molecule has 1 N–H and O–H groups in total. The number of carbonyl (C=O) groups excluding carboxylic acids is 2. The Balaban J connectivity index is 1.67. The highest BCUT2D eigenvalue weighted by Gasteiger charge is 2.27. The zero-order valence-electron chi connectivity index (χ0n) is 13.4. The number of benzene rings is 2. The molecule has 4 heteroatoms. The Morgan fingerprint density at radius 1 is 1.09 bits per heavy atom. The number of nitrogens with zero attached hydrogens (tertiary/aromatic N) is 1. The van der Waals surface area contributed by atoms with Crippen LogP contribution in [0.5, 0.6) is 0 Å². The fourth-order valence-corrected chi connectivity index (χ4v) is 3.17. The summed E-state index contributed by atoms with van der Waals surface area (Å²) in [6, 6.07) is 13.9. The van der Waals surface area contributed by atoms with Gasteiger partial charge in [-0.2, -0.15) is 0 Å². The van der Waals surface area contributed by atoms with Crippen molar-refractivity contribution in [2.45, 2.75) is 19.8 Å². The highest BCUT2D eigenvalue weighted by atomic mass is 16.2. The lowest BCUT2D eigenvalue weighted by Crippen LogP contribution is -2.43. The van der Waals surface area contributed by atoms with Gasteiger partial charge in [0.2, 0.25) is 5.91 Å². The quantitative estimate of drug-likeness (QED) is 0.947. The normalized spacial score (nSPS) is 15.6. The predicted octanol–water partition coefficient (Wildman–Crippen LogP) is 2.83. The standard InChI is InChI=1S/C19H22N2O2/c1-2-20-18(22)15-9-11-21(12-10-15)19(23)17-8-7-14-5-3-4-6-16(14)13-17/h3-8,13,15H,2,9-12H2,1H3,(H,20,22). The highest BCUT2D eigenvalue weighted by molar-refractivity contribution is 5.98. The van der Waals surface area contributed by atoms with Gasteiger partial charge in [-0.3, -0.25) is 9.59 Å². The Morgan fingerprint density at radius 2 is 1.78 bits per heavy atom. The van der Waals surface area contributed by atoms with E-state index in [1.165, 1.54) is 0 Å². The third kappa shape index (κ3) is 3.36. The molecular formula is C19H22N2O2. The molecule has 23 heavy (non-hydrogen) atoms. The van der Waals surface area contributed by atoms with Crippen LogP contribution in [0, 0.1) is 5.92 Å². The molecule has 1 aliphatic rings. The van der Waals surface area contributed by atoms with Crippen LogP contribution in [-0.4, -0.2) is 36.3 Å². The number of amides is 2. The van der Waals surface area contributed by atoms with Crippen LogP contribution in [0.3, 0.4) is 0 Å². The molecule has 2 amide bonds. The zero-order chi connectivity index (χ0) is 16.2. The van der Waals surface area contributed by atoms with Gasteiger partial charge in [0.05, 0.1) is 0 Å². The molecule has 3 rings (SSSR count). The summed E-state index contributed by atoms with van der Waals surface area (Å²) in [6.45, 7) is 3.88. The molecule has 0 bridgehead atoms. The molecule has 1 saturated heterocycles. The second-order valence-electron chi connectivity index (χ2n) is 6.02. The number of piperidine rings is 1. The Labute approximate surface area is 136 Å². The second-order valence-corrected chi connectivity index (χ2v) is 6.02. The summed E-state index contributed by atoms with van der Waals surface area (Å²) in [4.78, 5) is 26.4. The van der Waals surface area contributed by atoms with Gasteiger partial charge in [-0.15, -0.1) is 0 Å². The van der Waals surface area contributed by atoms with Gasteiger partial charge >= 0.3 is 0 Å². The third-order valence-corrected chi connectivity index (χ3v) is 4.50. The molecular weight excluding hydrogens is 288 g/mol. The molecule has 2 aromatic carbocycles. The van der Waals surface area contributed by atoms with E-state index in [-0.39, 0.29) is 17.7 Å². The maximum atomic E-state index is 12.7. The minimum absolute atomic E-state index is 0.0376. The topological polar surface area (TPSA) is 49.4 Å². The van der Waals surface area contributed by atoms with Gasteiger partial charge in [0, 0.05) is 31.1 Å². The summed E-state index contributed by atoms with van der Waals surface area (Å²) in [5.41, 5.74) is 0.722. The van der Waals surface area contributed by atoms with Crippen molar-refractivity contribution >= 4 is 22.6 Å². The van der Waals surface area contributed by atoms with Crippen LogP contribution < -0.4 is 5.32 Å². The molecule has 0 radical (unpaired) electrons. The molecule has 0 aromatic heterocycles. The average molecular weight is 310 g/mol. The summed E-state index contributed by atoms with van der Waals surface area (Å²) < 4.78 is 0. The number of nitrogens with one attached hydrogen (secondary N) is 1.